The second kappa shape index (κ2) is 5.23. The van der Waals surface area contributed by atoms with Crippen molar-refractivity contribution in [1.29, 1.82) is 0 Å². The van der Waals surface area contributed by atoms with Crippen LogP contribution in [0.25, 0.3) is 0 Å². The summed E-state index contributed by atoms with van der Waals surface area (Å²) in [5, 5.41) is 0. The molecule has 94 valence electrons. The van der Waals surface area contributed by atoms with Crippen LogP contribution in [0.5, 0.6) is 0 Å². The molecule has 0 radical (unpaired) electrons. The van der Waals surface area contributed by atoms with Crippen molar-refractivity contribution >= 4 is 21.8 Å². The Kier molecular flexibility index (Phi) is 3.89. The van der Waals surface area contributed by atoms with Gasteiger partial charge in [-0.15, -0.1) is 0 Å². The molecule has 0 spiro atoms. The summed E-state index contributed by atoms with van der Waals surface area (Å²) < 4.78 is 5.92. The number of amides is 1. The van der Waals surface area contributed by atoms with E-state index < -0.39 is 0 Å². The summed E-state index contributed by atoms with van der Waals surface area (Å²) in [6, 6.07) is 1.87. The maximum Gasteiger partial charge on any atom is 0.290 e. The molecule has 1 aromatic heterocycles. The van der Waals surface area contributed by atoms with Gasteiger partial charge in [-0.25, -0.2) is 0 Å². The van der Waals surface area contributed by atoms with Crippen molar-refractivity contribution in [2.75, 3.05) is 13.1 Å². The summed E-state index contributed by atoms with van der Waals surface area (Å²) in [5.74, 6) is 0.726. The molecule has 2 heterocycles. The predicted molar refractivity (Wildman–Crippen MR) is 68.7 cm³/mol. The Bertz CT molecular complexity index is 403. The molecule has 1 aromatic rings. The summed E-state index contributed by atoms with van der Waals surface area (Å²) in [6.07, 6.45) is 3.63. The van der Waals surface area contributed by atoms with Gasteiger partial charge in [-0.3, -0.25) is 4.79 Å². The van der Waals surface area contributed by atoms with Crippen LogP contribution in [-0.2, 0) is 0 Å². The summed E-state index contributed by atoms with van der Waals surface area (Å²) in [5.41, 5.74) is 5.91. The lowest BCUT2D eigenvalue weighted by molar-refractivity contribution is 0.0628. The van der Waals surface area contributed by atoms with Gasteiger partial charge in [0.2, 0.25) is 5.76 Å². The Morgan fingerprint density at radius 3 is 3.06 bits per heavy atom. The van der Waals surface area contributed by atoms with Gasteiger partial charge in [-0.05, 0) is 47.7 Å². The van der Waals surface area contributed by atoms with Gasteiger partial charge in [-0.1, -0.05) is 0 Å². The number of piperidine rings is 1. The summed E-state index contributed by atoms with van der Waals surface area (Å²) in [6.45, 7) is 3.51. The SMILES string of the molecule is CC(N)C1CCCN(C(=O)c2occc2Br)C1. The molecule has 1 aliphatic heterocycles. The molecule has 0 bridgehead atoms. The quantitative estimate of drug-likeness (QED) is 0.911. The molecule has 2 atom stereocenters. The number of carbonyl (C=O) groups is 1. The highest BCUT2D eigenvalue weighted by atomic mass is 79.9. The zero-order valence-electron chi connectivity index (χ0n) is 9.86. The first-order valence-electron chi connectivity index (χ1n) is 5.87. The number of nitrogens with zero attached hydrogens (tertiary/aromatic N) is 1. The number of hydrogen-bond acceptors (Lipinski definition) is 3. The molecular weight excluding hydrogens is 284 g/mol. The third kappa shape index (κ3) is 2.72. The number of hydrogen-bond donors (Lipinski definition) is 1. The summed E-state index contributed by atoms with van der Waals surface area (Å²) in [7, 11) is 0. The van der Waals surface area contributed by atoms with E-state index in [1.807, 2.05) is 11.8 Å². The second-order valence-corrected chi connectivity index (χ2v) is 5.46. The van der Waals surface area contributed by atoms with Crippen LogP contribution in [0.4, 0.5) is 0 Å². The van der Waals surface area contributed by atoms with E-state index in [4.69, 9.17) is 10.2 Å². The first-order valence-corrected chi connectivity index (χ1v) is 6.66. The number of rotatable bonds is 2. The van der Waals surface area contributed by atoms with Gasteiger partial charge in [-0.2, -0.15) is 0 Å². The standard InChI is InChI=1S/C12H17BrN2O2/c1-8(14)9-3-2-5-15(7-9)12(16)11-10(13)4-6-17-11/h4,6,8-9H,2-3,5,7,14H2,1H3. The van der Waals surface area contributed by atoms with Crippen LogP contribution in [0.2, 0.25) is 0 Å². The fourth-order valence-corrected chi connectivity index (χ4v) is 2.58. The van der Waals surface area contributed by atoms with Crippen LogP contribution in [-0.4, -0.2) is 29.9 Å². The van der Waals surface area contributed by atoms with Gasteiger partial charge in [0.1, 0.15) is 0 Å². The van der Waals surface area contributed by atoms with E-state index in [1.54, 1.807) is 6.07 Å². The van der Waals surface area contributed by atoms with E-state index in [0.717, 1.165) is 25.9 Å². The lowest BCUT2D eigenvalue weighted by Crippen LogP contribution is -2.45. The van der Waals surface area contributed by atoms with Crippen LogP contribution in [0.3, 0.4) is 0 Å². The first-order chi connectivity index (χ1) is 8.09. The molecule has 1 amide bonds. The number of furan rings is 1. The van der Waals surface area contributed by atoms with E-state index in [-0.39, 0.29) is 11.9 Å². The number of carbonyl (C=O) groups excluding carboxylic acids is 1. The van der Waals surface area contributed by atoms with Crippen molar-refractivity contribution in [1.82, 2.24) is 4.90 Å². The maximum absolute atomic E-state index is 12.2. The lowest BCUT2D eigenvalue weighted by Gasteiger charge is -2.34. The zero-order chi connectivity index (χ0) is 12.4. The fourth-order valence-electron chi connectivity index (χ4n) is 2.21. The highest BCUT2D eigenvalue weighted by Crippen LogP contribution is 2.24. The van der Waals surface area contributed by atoms with E-state index >= 15 is 0 Å². The highest BCUT2D eigenvalue weighted by molar-refractivity contribution is 9.10. The van der Waals surface area contributed by atoms with E-state index in [9.17, 15) is 4.79 Å². The van der Waals surface area contributed by atoms with Gasteiger partial charge in [0.05, 0.1) is 10.7 Å². The van der Waals surface area contributed by atoms with Gasteiger partial charge >= 0.3 is 0 Å². The van der Waals surface area contributed by atoms with Crippen LogP contribution < -0.4 is 5.73 Å². The smallest absolute Gasteiger partial charge is 0.290 e. The molecule has 1 fully saturated rings. The number of halogens is 1. The van der Waals surface area contributed by atoms with Crippen LogP contribution >= 0.6 is 15.9 Å². The number of nitrogens with two attached hydrogens (primary N) is 1. The summed E-state index contributed by atoms with van der Waals surface area (Å²) >= 11 is 3.31. The average Bonchev–Trinajstić information content (AvgIpc) is 2.74. The maximum atomic E-state index is 12.2. The van der Waals surface area contributed by atoms with Crippen molar-refractivity contribution < 1.29 is 9.21 Å². The Hall–Kier alpha value is -0.810. The molecule has 2 rings (SSSR count). The van der Waals surface area contributed by atoms with Crippen LogP contribution in [0, 0.1) is 5.92 Å². The number of likely N-dealkylation sites (tertiary alicyclic amines) is 1. The normalized spacial score (nSPS) is 22.5. The Morgan fingerprint density at radius 1 is 1.71 bits per heavy atom. The van der Waals surface area contributed by atoms with Crippen molar-refractivity contribution in [2.45, 2.75) is 25.8 Å². The van der Waals surface area contributed by atoms with Crippen LogP contribution in [0.15, 0.2) is 21.2 Å². The predicted octanol–water partition coefficient (Wildman–Crippen LogP) is 2.24. The van der Waals surface area contributed by atoms with Gasteiger partial charge in [0.15, 0.2) is 0 Å². The van der Waals surface area contributed by atoms with Crippen LogP contribution in [0.1, 0.15) is 30.3 Å². The zero-order valence-corrected chi connectivity index (χ0v) is 11.4. The van der Waals surface area contributed by atoms with E-state index in [1.165, 1.54) is 6.26 Å². The van der Waals surface area contributed by atoms with Gasteiger partial charge in [0, 0.05) is 19.1 Å². The molecule has 2 N–H and O–H groups in total. The third-order valence-electron chi connectivity index (χ3n) is 3.30. The molecule has 4 nitrogen and oxygen atoms in total. The molecule has 0 aromatic carbocycles. The Morgan fingerprint density at radius 2 is 2.47 bits per heavy atom. The first kappa shape index (κ1) is 12.6. The minimum atomic E-state index is -0.0489. The van der Waals surface area contributed by atoms with Crippen molar-refractivity contribution in [3.63, 3.8) is 0 Å². The molecule has 17 heavy (non-hydrogen) atoms. The van der Waals surface area contributed by atoms with E-state index in [2.05, 4.69) is 15.9 Å². The average molecular weight is 301 g/mol. The topological polar surface area (TPSA) is 59.5 Å². The molecule has 5 heteroatoms. The van der Waals surface area contributed by atoms with Crippen molar-refractivity contribution in [3.05, 3.63) is 22.6 Å². The largest absolute Gasteiger partial charge is 0.458 e. The molecule has 1 aliphatic rings. The fraction of sp³-hybridized carbons (Fsp3) is 0.583. The minimum Gasteiger partial charge on any atom is -0.458 e. The monoisotopic (exact) mass is 300 g/mol. The highest BCUT2D eigenvalue weighted by Gasteiger charge is 2.28. The van der Waals surface area contributed by atoms with Gasteiger partial charge in [0.25, 0.3) is 5.91 Å². The minimum absolute atomic E-state index is 0.0489. The van der Waals surface area contributed by atoms with Gasteiger partial charge < -0.3 is 15.1 Å². The van der Waals surface area contributed by atoms with E-state index in [0.29, 0.717) is 16.2 Å². The second-order valence-electron chi connectivity index (χ2n) is 4.61. The Balaban J connectivity index is 2.07. The third-order valence-corrected chi connectivity index (χ3v) is 3.92. The molecule has 0 saturated carbocycles. The molecule has 0 aliphatic carbocycles. The molecule has 1 saturated heterocycles. The van der Waals surface area contributed by atoms with Crippen molar-refractivity contribution in [2.24, 2.45) is 11.7 Å². The molecule has 2 unspecified atom stereocenters. The molecular formula is C12H17BrN2O2. The lowest BCUT2D eigenvalue weighted by atomic mass is 9.92. The van der Waals surface area contributed by atoms with Crippen molar-refractivity contribution in [3.8, 4) is 0 Å². The summed E-state index contributed by atoms with van der Waals surface area (Å²) in [4.78, 5) is 14.0. The Labute approximate surface area is 109 Å².